The van der Waals surface area contributed by atoms with Gasteiger partial charge in [0.05, 0.1) is 0 Å². The van der Waals surface area contributed by atoms with Gasteiger partial charge in [-0.3, -0.25) is 0 Å². The van der Waals surface area contributed by atoms with Gasteiger partial charge in [0.2, 0.25) is 0 Å². The maximum absolute atomic E-state index is 10.9. The highest BCUT2D eigenvalue weighted by Crippen LogP contribution is 2.24. The number of carboxylic acids is 1. The molecule has 0 amide bonds. The maximum Gasteiger partial charge on any atom is 0.357 e. The highest BCUT2D eigenvalue weighted by molar-refractivity contribution is 7.99. The van der Waals surface area contributed by atoms with Crippen LogP contribution >= 0.6 is 11.8 Å². The van der Waals surface area contributed by atoms with E-state index in [0.717, 1.165) is 11.8 Å². The van der Waals surface area contributed by atoms with Crippen LogP contribution in [0.4, 0.5) is 0 Å². The molecule has 2 aromatic heterocycles. The molecule has 8 heteroatoms. The summed E-state index contributed by atoms with van der Waals surface area (Å²) in [6, 6.07) is 0. The number of hydrogen-bond donors (Lipinski definition) is 1. The van der Waals surface area contributed by atoms with Crippen molar-refractivity contribution in [1.82, 2.24) is 24.7 Å². The fourth-order valence-corrected chi connectivity index (χ4v) is 1.81. The molecule has 0 aromatic carbocycles. The van der Waals surface area contributed by atoms with Crippen LogP contribution in [0.15, 0.2) is 28.9 Å². The minimum atomic E-state index is -1.11. The van der Waals surface area contributed by atoms with Crippen LogP contribution in [0, 0.1) is 0 Å². The summed E-state index contributed by atoms with van der Waals surface area (Å²) in [4.78, 5) is 22.5. The van der Waals surface area contributed by atoms with E-state index in [-0.39, 0.29) is 5.69 Å². The zero-order chi connectivity index (χ0) is 11.5. The summed E-state index contributed by atoms with van der Waals surface area (Å²) in [5, 5.41) is 13.6. The van der Waals surface area contributed by atoms with E-state index in [4.69, 9.17) is 5.11 Å². The highest BCUT2D eigenvalue weighted by Gasteiger charge is 2.15. The molecule has 0 atom stereocenters. The highest BCUT2D eigenvalue weighted by atomic mass is 32.2. The van der Waals surface area contributed by atoms with Crippen molar-refractivity contribution in [3.8, 4) is 0 Å². The quantitative estimate of drug-likeness (QED) is 0.828. The third kappa shape index (κ3) is 2.01. The van der Waals surface area contributed by atoms with Crippen molar-refractivity contribution in [1.29, 1.82) is 0 Å². The molecule has 0 bridgehead atoms. The number of carbonyl (C=O) groups is 1. The molecule has 0 aliphatic rings. The van der Waals surface area contributed by atoms with E-state index in [1.165, 1.54) is 23.4 Å². The van der Waals surface area contributed by atoms with Crippen molar-refractivity contribution in [2.45, 2.75) is 10.2 Å². The molecular weight excluding hydrogens is 230 g/mol. The van der Waals surface area contributed by atoms with Crippen LogP contribution < -0.4 is 0 Å². The van der Waals surface area contributed by atoms with Gasteiger partial charge in [-0.05, 0) is 11.8 Å². The van der Waals surface area contributed by atoms with Crippen molar-refractivity contribution in [3.05, 3.63) is 24.4 Å². The van der Waals surface area contributed by atoms with Crippen LogP contribution in [0.5, 0.6) is 0 Å². The Morgan fingerprint density at radius 3 is 2.75 bits per heavy atom. The summed E-state index contributed by atoms with van der Waals surface area (Å²) in [6.07, 6.45) is 4.16. The summed E-state index contributed by atoms with van der Waals surface area (Å²) in [5.41, 5.74) is -0.0875. The zero-order valence-electron chi connectivity index (χ0n) is 8.23. The Kier molecular flexibility index (Phi) is 2.82. The van der Waals surface area contributed by atoms with Gasteiger partial charge in [-0.25, -0.2) is 24.4 Å². The average Bonchev–Trinajstić information content (AvgIpc) is 2.65. The predicted octanol–water partition coefficient (Wildman–Crippen LogP) is 0.454. The molecule has 0 spiro atoms. The van der Waals surface area contributed by atoms with Crippen LogP contribution in [-0.2, 0) is 7.05 Å². The standard InChI is InChI=1S/C8H7N5O2S/c1-13-8(11-4-12-13)16-6-5(7(14)15)9-2-3-10-6/h2-4H,1H3,(H,14,15). The predicted molar refractivity (Wildman–Crippen MR) is 54.1 cm³/mol. The molecule has 1 N–H and O–H groups in total. The molecule has 0 unspecified atom stereocenters. The molecule has 0 aliphatic carbocycles. The Morgan fingerprint density at radius 1 is 1.38 bits per heavy atom. The zero-order valence-corrected chi connectivity index (χ0v) is 9.05. The first-order valence-corrected chi connectivity index (χ1v) is 5.06. The minimum absolute atomic E-state index is 0.0875. The topological polar surface area (TPSA) is 93.8 Å². The smallest absolute Gasteiger partial charge is 0.357 e. The van der Waals surface area contributed by atoms with Gasteiger partial charge in [0, 0.05) is 19.4 Å². The molecule has 2 heterocycles. The lowest BCUT2D eigenvalue weighted by atomic mass is 10.5. The summed E-state index contributed by atoms with van der Waals surface area (Å²) in [5.74, 6) is -1.11. The normalized spacial score (nSPS) is 10.3. The van der Waals surface area contributed by atoms with E-state index in [1.807, 2.05) is 0 Å². The first-order chi connectivity index (χ1) is 7.68. The Hall–Kier alpha value is -1.96. The van der Waals surface area contributed by atoms with Crippen molar-refractivity contribution >= 4 is 17.7 Å². The second-order valence-corrected chi connectivity index (χ2v) is 3.74. The largest absolute Gasteiger partial charge is 0.476 e. The monoisotopic (exact) mass is 237 g/mol. The molecule has 0 saturated carbocycles. The lowest BCUT2D eigenvalue weighted by Gasteiger charge is -2.01. The number of rotatable bonds is 3. The average molecular weight is 237 g/mol. The number of aryl methyl sites for hydroxylation is 1. The molecular formula is C8H7N5O2S. The SMILES string of the molecule is Cn1ncnc1Sc1nccnc1C(=O)O. The third-order valence-corrected chi connectivity index (χ3v) is 2.77. The van der Waals surface area contributed by atoms with Crippen molar-refractivity contribution in [3.63, 3.8) is 0 Å². The molecule has 2 rings (SSSR count). The van der Waals surface area contributed by atoms with Gasteiger partial charge in [-0.1, -0.05) is 0 Å². The van der Waals surface area contributed by atoms with Crippen molar-refractivity contribution in [2.75, 3.05) is 0 Å². The Labute approximate surface area is 94.6 Å². The van der Waals surface area contributed by atoms with E-state index >= 15 is 0 Å². The molecule has 7 nitrogen and oxygen atoms in total. The lowest BCUT2D eigenvalue weighted by Crippen LogP contribution is -2.04. The van der Waals surface area contributed by atoms with Gasteiger partial charge >= 0.3 is 5.97 Å². The molecule has 0 radical (unpaired) electrons. The van der Waals surface area contributed by atoms with Gasteiger partial charge in [-0.2, -0.15) is 5.10 Å². The molecule has 82 valence electrons. The minimum Gasteiger partial charge on any atom is -0.476 e. The van der Waals surface area contributed by atoms with Crippen molar-refractivity contribution < 1.29 is 9.90 Å². The maximum atomic E-state index is 10.9. The Balaban J connectivity index is 2.35. The third-order valence-electron chi connectivity index (χ3n) is 1.73. The van der Waals surface area contributed by atoms with Gasteiger partial charge in [0.15, 0.2) is 10.9 Å². The van der Waals surface area contributed by atoms with E-state index in [1.54, 1.807) is 7.05 Å². The number of aromatic nitrogens is 5. The van der Waals surface area contributed by atoms with E-state index in [2.05, 4.69) is 20.1 Å². The second-order valence-electron chi connectivity index (χ2n) is 2.78. The molecule has 0 saturated heterocycles. The van der Waals surface area contributed by atoms with E-state index < -0.39 is 5.97 Å². The second kappa shape index (κ2) is 4.27. The van der Waals surface area contributed by atoms with E-state index in [9.17, 15) is 4.79 Å². The molecule has 0 fully saturated rings. The summed E-state index contributed by atoms with van der Waals surface area (Å²) in [6.45, 7) is 0. The van der Waals surface area contributed by atoms with Crippen LogP contribution in [0.3, 0.4) is 0 Å². The fourth-order valence-electron chi connectivity index (χ4n) is 1.01. The van der Waals surface area contributed by atoms with Crippen LogP contribution in [0.25, 0.3) is 0 Å². The Bertz CT molecular complexity index is 527. The van der Waals surface area contributed by atoms with Crippen LogP contribution in [0.1, 0.15) is 10.5 Å². The van der Waals surface area contributed by atoms with Gasteiger partial charge < -0.3 is 5.11 Å². The van der Waals surface area contributed by atoms with Gasteiger partial charge in [0.1, 0.15) is 11.4 Å². The van der Waals surface area contributed by atoms with E-state index in [0.29, 0.717) is 10.2 Å². The van der Waals surface area contributed by atoms with Gasteiger partial charge in [-0.15, -0.1) is 0 Å². The number of hydrogen-bond acceptors (Lipinski definition) is 6. The summed E-state index contributed by atoms with van der Waals surface area (Å²) >= 11 is 1.11. The van der Waals surface area contributed by atoms with Crippen LogP contribution in [0.2, 0.25) is 0 Å². The number of aromatic carboxylic acids is 1. The molecule has 16 heavy (non-hydrogen) atoms. The first kappa shape index (κ1) is 10.6. The number of carboxylic acid groups (broad SMARTS) is 1. The number of nitrogens with zero attached hydrogens (tertiary/aromatic N) is 5. The van der Waals surface area contributed by atoms with Crippen molar-refractivity contribution in [2.24, 2.45) is 7.05 Å². The molecule has 0 aliphatic heterocycles. The first-order valence-electron chi connectivity index (χ1n) is 4.24. The lowest BCUT2D eigenvalue weighted by molar-refractivity contribution is 0.0685. The summed E-state index contributed by atoms with van der Waals surface area (Å²) < 4.78 is 1.53. The van der Waals surface area contributed by atoms with Gasteiger partial charge in [0.25, 0.3) is 0 Å². The summed E-state index contributed by atoms with van der Waals surface area (Å²) in [7, 11) is 1.71. The molecule has 2 aromatic rings. The Morgan fingerprint density at radius 2 is 2.12 bits per heavy atom. The van der Waals surface area contributed by atoms with Crippen LogP contribution in [-0.4, -0.2) is 35.8 Å². The fraction of sp³-hybridized carbons (Fsp3) is 0.125.